The van der Waals surface area contributed by atoms with Crippen molar-refractivity contribution < 1.29 is 14.5 Å². The predicted octanol–water partition coefficient (Wildman–Crippen LogP) is 2.74. The number of anilines is 1. The predicted molar refractivity (Wildman–Crippen MR) is 88.3 cm³/mol. The summed E-state index contributed by atoms with van der Waals surface area (Å²) in [4.78, 5) is 22.0. The van der Waals surface area contributed by atoms with Gasteiger partial charge in [0.15, 0.2) is 0 Å². The lowest BCUT2D eigenvalue weighted by atomic mass is 10.1. The summed E-state index contributed by atoms with van der Waals surface area (Å²) < 4.78 is 5.38. The van der Waals surface area contributed by atoms with Crippen LogP contribution in [0.15, 0.2) is 48.5 Å². The second kappa shape index (κ2) is 6.67. The van der Waals surface area contributed by atoms with Crippen LogP contribution in [-0.4, -0.2) is 17.0 Å². The third-order valence-electron chi connectivity index (χ3n) is 3.93. The van der Waals surface area contributed by atoms with Gasteiger partial charge in [0, 0.05) is 31.2 Å². The first-order chi connectivity index (χ1) is 11.5. The topological polar surface area (TPSA) is 93.5 Å². The van der Waals surface area contributed by atoms with Crippen LogP contribution >= 0.6 is 0 Å². The summed E-state index contributed by atoms with van der Waals surface area (Å²) in [5.41, 5.74) is 8.75. The van der Waals surface area contributed by atoms with Crippen LogP contribution < -0.4 is 10.9 Å². The Hall–Kier alpha value is -2.93. The van der Waals surface area contributed by atoms with Gasteiger partial charge in [-0.15, -0.1) is 0 Å². The number of nitro groups is 1. The van der Waals surface area contributed by atoms with Crippen molar-refractivity contribution in [3.63, 3.8) is 0 Å². The highest BCUT2D eigenvalue weighted by atomic mass is 16.6. The fourth-order valence-corrected chi connectivity index (χ4v) is 2.88. The summed E-state index contributed by atoms with van der Waals surface area (Å²) in [6.07, 6.45) is 0.0943. The van der Waals surface area contributed by atoms with Gasteiger partial charge in [-0.2, -0.15) is 0 Å². The Bertz CT molecular complexity index is 764. The molecular weight excluding hydrogens is 310 g/mol. The first-order valence-corrected chi connectivity index (χ1v) is 7.55. The van der Waals surface area contributed by atoms with E-state index >= 15 is 0 Å². The van der Waals surface area contributed by atoms with Crippen LogP contribution in [0.4, 0.5) is 11.4 Å². The van der Waals surface area contributed by atoms with Crippen LogP contribution in [0.5, 0.6) is 0 Å². The average molecular weight is 327 g/mol. The molecule has 2 atom stereocenters. The molecular formula is C17H17N3O4. The minimum atomic E-state index is -0.429. The van der Waals surface area contributed by atoms with E-state index in [-0.39, 0.29) is 17.7 Å². The number of nitro benzene ring substituents is 1. The number of fused-ring (bicyclic) bond motifs is 1. The summed E-state index contributed by atoms with van der Waals surface area (Å²) >= 11 is 0. The number of benzene rings is 2. The van der Waals surface area contributed by atoms with Crippen LogP contribution in [-0.2, 0) is 16.0 Å². The minimum Gasteiger partial charge on any atom is -0.460 e. The van der Waals surface area contributed by atoms with E-state index in [1.54, 1.807) is 6.07 Å². The van der Waals surface area contributed by atoms with Gasteiger partial charge in [-0.3, -0.25) is 14.9 Å². The van der Waals surface area contributed by atoms with Crippen molar-refractivity contribution in [3.8, 4) is 0 Å². The Kier molecular flexibility index (Phi) is 4.43. The number of carbonyl (C=O) groups excluding carboxylic acids is 1. The molecule has 3 rings (SSSR count). The van der Waals surface area contributed by atoms with E-state index in [0.29, 0.717) is 6.42 Å². The molecule has 124 valence electrons. The van der Waals surface area contributed by atoms with Gasteiger partial charge in [0.05, 0.1) is 11.0 Å². The van der Waals surface area contributed by atoms with E-state index in [1.165, 1.54) is 19.1 Å². The van der Waals surface area contributed by atoms with Gasteiger partial charge in [-0.1, -0.05) is 24.3 Å². The average Bonchev–Trinajstić information content (AvgIpc) is 2.89. The summed E-state index contributed by atoms with van der Waals surface area (Å²) in [7, 11) is 0. The molecule has 0 fully saturated rings. The first kappa shape index (κ1) is 15.9. The van der Waals surface area contributed by atoms with E-state index in [0.717, 1.165) is 16.8 Å². The van der Waals surface area contributed by atoms with Crippen molar-refractivity contribution >= 4 is 17.3 Å². The van der Waals surface area contributed by atoms with Crippen molar-refractivity contribution in [1.29, 1.82) is 0 Å². The number of carbonyl (C=O) groups is 1. The van der Waals surface area contributed by atoms with Crippen LogP contribution in [0.1, 0.15) is 24.1 Å². The number of ether oxygens (including phenoxy) is 1. The smallest absolute Gasteiger partial charge is 0.302 e. The summed E-state index contributed by atoms with van der Waals surface area (Å²) in [5.74, 6) is -0.381. The number of nitrogens with zero attached hydrogens (tertiary/aromatic N) is 1. The quantitative estimate of drug-likeness (QED) is 0.498. The van der Waals surface area contributed by atoms with E-state index < -0.39 is 11.0 Å². The van der Waals surface area contributed by atoms with E-state index in [4.69, 9.17) is 4.74 Å². The molecule has 7 nitrogen and oxygen atoms in total. The fraction of sp³-hybridized carbons (Fsp3) is 0.235. The zero-order valence-corrected chi connectivity index (χ0v) is 13.1. The zero-order chi connectivity index (χ0) is 17.1. The van der Waals surface area contributed by atoms with Gasteiger partial charge in [-0.05, 0) is 23.3 Å². The van der Waals surface area contributed by atoms with Gasteiger partial charge in [-0.25, -0.2) is 5.43 Å². The van der Waals surface area contributed by atoms with Crippen LogP contribution in [0.3, 0.4) is 0 Å². The van der Waals surface area contributed by atoms with Gasteiger partial charge in [0.25, 0.3) is 5.69 Å². The lowest BCUT2D eigenvalue weighted by Gasteiger charge is -2.22. The van der Waals surface area contributed by atoms with E-state index in [2.05, 4.69) is 10.9 Å². The van der Waals surface area contributed by atoms with Crippen LogP contribution in [0, 0.1) is 10.1 Å². The number of para-hydroxylation sites is 1. The second-order valence-electron chi connectivity index (χ2n) is 5.61. The highest BCUT2D eigenvalue weighted by Crippen LogP contribution is 2.35. The lowest BCUT2D eigenvalue weighted by molar-refractivity contribution is -0.384. The maximum atomic E-state index is 11.4. The maximum absolute atomic E-state index is 11.4. The molecule has 0 heterocycles. The van der Waals surface area contributed by atoms with Crippen molar-refractivity contribution in [1.82, 2.24) is 5.43 Å². The SMILES string of the molecule is CC(=O)OC1Cc2ccc([N+](=O)[O-])cc2C1NNc1ccccc1. The second-order valence-corrected chi connectivity index (χ2v) is 5.61. The third-order valence-corrected chi connectivity index (χ3v) is 3.93. The molecule has 0 aliphatic heterocycles. The number of rotatable bonds is 5. The molecule has 0 radical (unpaired) electrons. The number of hydrogen-bond donors (Lipinski definition) is 2. The minimum absolute atomic E-state index is 0.0173. The molecule has 24 heavy (non-hydrogen) atoms. The highest BCUT2D eigenvalue weighted by Gasteiger charge is 2.36. The van der Waals surface area contributed by atoms with E-state index in [9.17, 15) is 14.9 Å². The largest absolute Gasteiger partial charge is 0.460 e. The summed E-state index contributed by atoms with van der Waals surface area (Å²) in [5, 5.41) is 11.0. The Morgan fingerprint density at radius 3 is 2.67 bits per heavy atom. The summed E-state index contributed by atoms with van der Waals surface area (Å²) in [6.45, 7) is 1.35. The van der Waals surface area contributed by atoms with Crippen molar-refractivity contribution in [3.05, 3.63) is 69.8 Å². The Labute approximate surface area is 138 Å². The van der Waals surface area contributed by atoms with Crippen LogP contribution in [0.25, 0.3) is 0 Å². The van der Waals surface area contributed by atoms with Crippen molar-refractivity contribution in [2.24, 2.45) is 0 Å². The molecule has 7 heteroatoms. The molecule has 0 aromatic heterocycles. The maximum Gasteiger partial charge on any atom is 0.302 e. The number of hydrazine groups is 1. The summed E-state index contributed by atoms with van der Waals surface area (Å²) in [6, 6.07) is 13.8. The van der Waals surface area contributed by atoms with E-state index in [1.807, 2.05) is 30.3 Å². The molecule has 0 bridgehead atoms. The molecule has 0 amide bonds. The Morgan fingerprint density at radius 2 is 2.00 bits per heavy atom. The molecule has 2 aromatic carbocycles. The highest BCUT2D eigenvalue weighted by molar-refractivity contribution is 5.66. The van der Waals surface area contributed by atoms with Crippen molar-refractivity contribution in [2.75, 3.05) is 5.43 Å². The fourth-order valence-electron chi connectivity index (χ4n) is 2.88. The van der Waals surface area contributed by atoms with Gasteiger partial charge in [0.1, 0.15) is 6.10 Å². The molecule has 1 aliphatic rings. The molecule has 0 saturated carbocycles. The molecule has 0 saturated heterocycles. The van der Waals surface area contributed by atoms with Gasteiger partial charge >= 0.3 is 5.97 Å². The molecule has 1 aliphatic carbocycles. The number of hydrogen-bond acceptors (Lipinski definition) is 6. The molecule has 2 aromatic rings. The first-order valence-electron chi connectivity index (χ1n) is 7.55. The third kappa shape index (κ3) is 3.36. The zero-order valence-electron chi connectivity index (χ0n) is 13.1. The van der Waals surface area contributed by atoms with Gasteiger partial charge < -0.3 is 10.2 Å². The van der Waals surface area contributed by atoms with Gasteiger partial charge in [0.2, 0.25) is 0 Å². The Morgan fingerprint density at radius 1 is 1.25 bits per heavy atom. The lowest BCUT2D eigenvalue weighted by Crippen LogP contribution is -2.35. The monoisotopic (exact) mass is 327 g/mol. The molecule has 2 N–H and O–H groups in total. The van der Waals surface area contributed by atoms with Crippen LogP contribution in [0.2, 0.25) is 0 Å². The number of nitrogens with one attached hydrogen (secondary N) is 2. The standard InChI is InChI=1S/C17H17N3O4/c1-11(21)24-16-9-12-7-8-14(20(22)23)10-15(12)17(16)19-18-13-5-3-2-4-6-13/h2-8,10,16-19H,9H2,1H3. The van der Waals surface area contributed by atoms with Crippen molar-refractivity contribution in [2.45, 2.75) is 25.5 Å². The number of non-ortho nitro benzene ring substituents is 1. The number of esters is 1. The molecule has 2 unspecified atom stereocenters. The molecule has 0 spiro atoms. The normalized spacial score (nSPS) is 18.7. The Balaban J connectivity index is 1.86.